The molecule has 156 valence electrons. The predicted octanol–water partition coefficient (Wildman–Crippen LogP) is 1.78. The van der Waals surface area contributed by atoms with Crippen LogP contribution >= 0.6 is 11.6 Å². The topological polar surface area (TPSA) is 89.9 Å². The first-order valence-electron chi connectivity index (χ1n) is 9.44. The van der Waals surface area contributed by atoms with Crippen molar-refractivity contribution in [1.82, 2.24) is 5.32 Å². The van der Waals surface area contributed by atoms with Gasteiger partial charge in [0, 0.05) is 42.5 Å². The molecule has 7 nitrogen and oxygen atoms in total. The van der Waals surface area contributed by atoms with Gasteiger partial charge in [0.1, 0.15) is 5.82 Å². The summed E-state index contributed by atoms with van der Waals surface area (Å²) >= 11 is 5.80. The fourth-order valence-electron chi connectivity index (χ4n) is 3.90. The fraction of sp³-hybridized carbons (Fsp3) is 0.286. The smallest absolute Gasteiger partial charge is 0.268 e. The maximum absolute atomic E-state index is 13.4. The van der Waals surface area contributed by atoms with Gasteiger partial charge in [0.05, 0.1) is 0 Å². The number of aliphatic hydroxyl groups is 1. The highest BCUT2D eigenvalue weighted by Gasteiger charge is 2.51. The van der Waals surface area contributed by atoms with E-state index in [9.17, 15) is 23.9 Å². The summed E-state index contributed by atoms with van der Waals surface area (Å²) in [6.07, 6.45) is 1.37. The van der Waals surface area contributed by atoms with E-state index in [2.05, 4.69) is 5.32 Å². The number of hydrogen-bond acceptors (Lipinski definition) is 4. The predicted molar refractivity (Wildman–Crippen MR) is 109 cm³/mol. The molecule has 0 bridgehead atoms. The molecule has 2 heterocycles. The van der Waals surface area contributed by atoms with Gasteiger partial charge < -0.3 is 20.2 Å². The van der Waals surface area contributed by atoms with E-state index in [-0.39, 0.29) is 24.5 Å². The highest BCUT2D eigenvalue weighted by molar-refractivity contribution is 6.30. The molecule has 30 heavy (non-hydrogen) atoms. The molecule has 0 saturated carbocycles. The lowest BCUT2D eigenvalue weighted by molar-refractivity contribution is -0.149. The Hall–Kier alpha value is -2.97. The minimum atomic E-state index is -2.20. The molecule has 2 aliphatic rings. The quantitative estimate of drug-likeness (QED) is 0.558. The van der Waals surface area contributed by atoms with Gasteiger partial charge in [0.15, 0.2) is 0 Å². The van der Waals surface area contributed by atoms with E-state index in [1.54, 1.807) is 23.1 Å². The third kappa shape index (κ3) is 3.53. The largest absolute Gasteiger partial charge is 0.372 e. The van der Waals surface area contributed by atoms with Crippen molar-refractivity contribution < 1.29 is 23.9 Å². The number of anilines is 2. The van der Waals surface area contributed by atoms with E-state index < -0.39 is 23.2 Å². The summed E-state index contributed by atoms with van der Waals surface area (Å²) in [5.41, 5.74) is 0.493. The number of rotatable bonds is 5. The number of nitrogens with zero attached hydrogens (tertiary/aromatic N) is 2. The van der Waals surface area contributed by atoms with Gasteiger partial charge in [-0.1, -0.05) is 11.6 Å². The average molecular weight is 432 g/mol. The molecule has 0 aliphatic carbocycles. The van der Waals surface area contributed by atoms with Crippen LogP contribution in [0, 0.1) is 5.82 Å². The number of hydrogen-bond donors (Lipinski definition) is 2. The first-order chi connectivity index (χ1) is 14.3. The molecule has 9 heteroatoms. The van der Waals surface area contributed by atoms with Crippen LogP contribution in [0.2, 0.25) is 5.02 Å². The number of benzene rings is 2. The number of fused-ring (bicyclic) bond motifs is 1. The monoisotopic (exact) mass is 431 g/mol. The highest BCUT2D eigenvalue weighted by Crippen LogP contribution is 2.34. The maximum atomic E-state index is 13.4. The van der Waals surface area contributed by atoms with Crippen molar-refractivity contribution in [2.75, 3.05) is 22.9 Å². The molecular weight excluding hydrogens is 413 g/mol. The standard InChI is InChI=1S/C21H19ClFN3O4/c22-15-7-13(8-16(23)10-15)11-24-19(28)21(30)4-6-26(20(21)29)17-1-2-18-14(9-17)3-5-25(18)12-27/h1-2,7-10,12,30H,3-6,11H2,(H,24,28)/t21-/m1/s1. The Balaban J connectivity index is 1.47. The molecule has 0 unspecified atom stereocenters. The number of halogens is 2. The zero-order chi connectivity index (χ0) is 21.5. The molecular formula is C21H19ClFN3O4. The molecule has 1 saturated heterocycles. The van der Waals surface area contributed by atoms with Crippen LogP contribution in [0.25, 0.3) is 0 Å². The fourth-order valence-corrected chi connectivity index (χ4v) is 4.14. The van der Waals surface area contributed by atoms with Crippen molar-refractivity contribution in [2.45, 2.75) is 25.0 Å². The Kier molecular flexibility index (Phi) is 5.21. The zero-order valence-electron chi connectivity index (χ0n) is 15.9. The first kappa shape index (κ1) is 20.3. The van der Waals surface area contributed by atoms with Crippen molar-refractivity contribution in [3.05, 3.63) is 58.4 Å². The Bertz CT molecular complexity index is 1030. The van der Waals surface area contributed by atoms with Crippen molar-refractivity contribution >= 4 is 41.2 Å². The molecule has 2 aromatic carbocycles. The van der Waals surface area contributed by atoms with E-state index in [1.807, 2.05) is 0 Å². The third-order valence-electron chi connectivity index (χ3n) is 5.48. The first-order valence-corrected chi connectivity index (χ1v) is 9.82. The van der Waals surface area contributed by atoms with Crippen LogP contribution in [0.3, 0.4) is 0 Å². The summed E-state index contributed by atoms with van der Waals surface area (Å²) in [6.45, 7) is 0.670. The summed E-state index contributed by atoms with van der Waals surface area (Å²) in [7, 11) is 0. The molecule has 1 atom stereocenters. The normalized spacial score (nSPS) is 20.4. The lowest BCUT2D eigenvalue weighted by atomic mass is 10.0. The number of amides is 3. The Morgan fingerprint density at radius 2 is 2.07 bits per heavy atom. The van der Waals surface area contributed by atoms with Gasteiger partial charge in [-0.05, 0) is 53.9 Å². The van der Waals surface area contributed by atoms with Crippen LogP contribution in [0.15, 0.2) is 36.4 Å². The lowest BCUT2D eigenvalue weighted by Crippen LogP contribution is -2.52. The molecule has 0 spiro atoms. The molecule has 3 amide bonds. The van der Waals surface area contributed by atoms with Gasteiger partial charge in [0.25, 0.3) is 11.8 Å². The van der Waals surface area contributed by atoms with E-state index in [4.69, 9.17) is 11.6 Å². The minimum Gasteiger partial charge on any atom is -0.372 e. The summed E-state index contributed by atoms with van der Waals surface area (Å²) in [4.78, 5) is 39.5. The molecule has 1 fully saturated rings. The Morgan fingerprint density at radius 3 is 2.80 bits per heavy atom. The minimum absolute atomic E-state index is 0.0703. The van der Waals surface area contributed by atoms with Crippen LogP contribution in [-0.4, -0.2) is 42.0 Å². The van der Waals surface area contributed by atoms with Crippen molar-refractivity contribution in [3.8, 4) is 0 Å². The summed E-state index contributed by atoms with van der Waals surface area (Å²) in [6, 6.07) is 9.09. The van der Waals surface area contributed by atoms with Crippen LogP contribution in [0.5, 0.6) is 0 Å². The third-order valence-corrected chi connectivity index (χ3v) is 5.70. The maximum Gasteiger partial charge on any atom is 0.268 e. The van der Waals surface area contributed by atoms with Crippen LogP contribution in [0.1, 0.15) is 17.5 Å². The number of carbonyl (C=O) groups is 3. The van der Waals surface area contributed by atoms with Gasteiger partial charge in [-0.2, -0.15) is 0 Å². The van der Waals surface area contributed by atoms with E-state index in [1.165, 1.54) is 17.0 Å². The second-order valence-corrected chi connectivity index (χ2v) is 7.83. The van der Waals surface area contributed by atoms with Crippen molar-refractivity contribution in [2.24, 2.45) is 0 Å². The van der Waals surface area contributed by atoms with Gasteiger partial charge in [-0.25, -0.2) is 4.39 Å². The molecule has 2 aromatic rings. The number of nitrogens with one attached hydrogen (secondary N) is 1. The van der Waals surface area contributed by atoms with Gasteiger partial charge >= 0.3 is 0 Å². The molecule has 4 rings (SSSR count). The van der Waals surface area contributed by atoms with E-state index in [0.717, 1.165) is 23.7 Å². The summed E-state index contributed by atoms with van der Waals surface area (Å²) in [5.74, 6) is -2.11. The average Bonchev–Trinajstić information content (AvgIpc) is 3.26. The zero-order valence-corrected chi connectivity index (χ0v) is 16.7. The van der Waals surface area contributed by atoms with E-state index in [0.29, 0.717) is 24.2 Å². The summed E-state index contributed by atoms with van der Waals surface area (Å²) < 4.78 is 13.4. The van der Waals surface area contributed by atoms with Gasteiger partial charge in [-0.3, -0.25) is 14.4 Å². The van der Waals surface area contributed by atoms with Gasteiger partial charge in [-0.15, -0.1) is 0 Å². The Labute approximate surface area is 177 Å². The molecule has 0 radical (unpaired) electrons. The molecule has 2 N–H and O–H groups in total. The molecule has 0 aromatic heterocycles. The van der Waals surface area contributed by atoms with Crippen LogP contribution in [-0.2, 0) is 27.3 Å². The van der Waals surface area contributed by atoms with E-state index >= 15 is 0 Å². The van der Waals surface area contributed by atoms with Crippen molar-refractivity contribution in [1.29, 1.82) is 0 Å². The van der Waals surface area contributed by atoms with Crippen LogP contribution < -0.4 is 15.1 Å². The SMILES string of the molecule is O=CN1CCc2cc(N3CC[C@@](O)(C(=O)NCc4cc(F)cc(Cl)c4)C3=O)ccc21. The second-order valence-electron chi connectivity index (χ2n) is 7.39. The summed E-state index contributed by atoms with van der Waals surface area (Å²) in [5, 5.41) is 13.4. The van der Waals surface area contributed by atoms with Crippen LogP contribution in [0.4, 0.5) is 15.8 Å². The number of carbonyl (C=O) groups excluding carboxylic acids is 3. The molecule has 2 aliphatic heterocycles. The lowest BCUT2D eigenvalue weighted by Gasteiger charge is -2.22. The highest BCUT2D eigenvalue weighted by atomic mass is 35.5. The van der Waals surface area contributed by atoms with Gasteiger partial charge in [0.2, 0.25) is 12.0 Å². The Morgan fingerprint density at radius 1 is 1.27 bits per heavy atom. The van der Waals surface area contributed by atoms with Crippen molar-refractivity contribution in [3.63, 3.8) is 0 Å². The second kappa shape index (κ2) is 7.70.